The van der Waals surface area contributed by atoms with Crippen molar-refractivity contribution >= 4 is 27.5 Å². The average Bonchev–Trinajstić information content (AvgIpc) is 3.15. The second-order valence-electron chi connectivity index (χ2n) is 6.62. The van der Waals surface area contributed by atoms with Gasteiger partial charge in [0.2, 0.25) is 5.91 Å². The van der Waals surface area contributed by atoms with Crippen molar-refractivity contribution in [2.75, 3.05) is 25.6 Å². The number of amides is 1. The van der Waals surface area contributed by atoms with Crippen LogP contribution in [0.25, 0.3) is 0 Å². The van der Waals surface area contributed by atoms with Crippen LogP contribution in [0, 0.1) is 0 Å². The Labute approximate surface area is 163 Å². The number of halogens is 1. The summed E-state index contributed by atoms with van der Waals surface area (Å²) in [6.07, 6.45) is 3.93. The molecule has 0 atom stereocenters. The Morgan fingerprint density at radius 3 is 2.31 bits per heavy atom. The quantitative estimate of drug-likeness (QED) is 0.649. The Hall–Kier alpha value is -1.85. The van der Waals surface area contributed by atoms with Gasteiger partial charge in [0.1, 0.15) is 12.4 Å². The van der Waals surface area contributed by atoms with Crippen LogP contribution in [0.1, 0.15) is 31.2 Å². The monoisotopic (exact) mass is 417 g/mol. The molecule has 2 aromatic rings. The maximum Gasteiger partial charge on any atom is 0.235 e. The second-order valence-corrected chi connectivity index (χ2v) is 7.53. The van der Waals surface area contributed by atoms with Crippen LogP contribution in [-0.2, 0) is 14.9 Å². The van der Waals surface area contributed by atoms with E-state index in [0.717, 1.165) is 47.2 Å². The van der Waals surface area contributed by atoms with Crippen LogP contribution in [0.15, 0.2) is 53.0 Å². The molecule has 0 radical (unpaired) electrons. The van der Waals surface area contributed by atoms with Crippen LogP contribution in [0.5, 0.6) is 5.75 Å². The molecule has 1 aliphatic carbocycles. The zero-order valence-electron chi connectivity index (χ0n) is 15.0. The van der Waals surface area contributed by atoms with Gasteiger partial charge in [0.05, 0.1) is 12.0 Å². The third-order valence-corrected chi connectivity index (χ3v) is 5.49. The van der Waals surface area contributed by atoms with Gasteiger partial charge in [-0.1, -0.05) is 40.9 Å². The minimum atomic E-state index is -0.436. The molecule has 1 fully saturated rings. The summed E-state index contributed by atoms with van der Waals surface area (Å²) in [5.41, 5.74) is 1.45. The molecule has 4 nitrogen and oxygen atoms in total. The second kappa shape index (κ2) is 8.69. The molecule has 1 aliphatic rings. The van der Waals surface area contributed by atoms with Crippen LogP contribution < -0.4 is 10.1 Å². The third kappa shape index (κ3) is 4.27. The highest BCUT2D eigenvalue weighted by Crippen LogP contribution is 2.42. The molecule has 1 N–H and O–H groups in total. The maximum atomic E-state index is 13.1. The van der Waals surface area contributed by atoms with E-state index in [2.05, 4.69) is 33.4 Å². The van der Waals surface area contributed by atoms with Gasteiger partial charge in [0.15, 0.2) is 0 Å². The number of benzene rings is 2. The predicted molar refractivity (Wildman–Crippen MR) is 107 cm³/mol. The van der Waals surface area contributed by atoms with Gasteiger partial charge in [-0.2, -0.15) is 0 Å². The van der Waals surface area contributed by atoms with E-state index in [9.17, 15) is 4.79 Å². The number of anilines is 1. The molecule has 2 aromatic carbocycles. The fourth-order valence-corrected chi connectivity index (χ4v) is 3.79. The van der Waals surface area contributed by atoms with E-state index in [0.29, 0.717) is 13.2 Å². The molecule has 3 rings (SSSR count). The van der Waals surface area contributed by atoms with E-state index in [1.807, 2.05) is 36.4 Å². The van der Waals surface area contributed by atoms with Crippen molar-refractivity contribution in [2.24, 2.45) is 0 Å². The number of carbonyl (C=O) groups is 1. The molecule has 0 heterocycles. The van der Waals surface area contributed by atoms with Gasteiger partial charge < -0.3 is 14.8 Å². The molecular weight excluding hydrogens is 394 g/mol. The average molecular weight is 418 g/mol. The van der Waals surface area contributed by atoms with Crippen molar-refractivity contribution in [3.05, 3.63) is 58.6 Å². The first kappa shape index (κ1) is 18.9. The van der Waals surface area contributed by atoms with Gasteiger partial charge in [-0.25, -0.2) is 0 Å². The molecule has 0 aliphatic heterocycles. The number of nitrogens with one attached hydrogen (secondary N) is 1. The molecule has 26 heavy (non-hydrogen) atoms. The van der Waals surface area contributed by atoms with Crippen LogP contribution in [0.2, 0.25) is 0 Å². The smallest absolute Gasteiger partial charge is 0.235 e. The molecule has 0 unspecified atom stereocenters. The Morgan fingerprint density at radius 2 is 1.69 bits per heavy atom. The van der Waals surface area contributed by atoms with Crippen LogP contribution in [0.3, 0.4) is 0 Å². The van der Waals surface area contributed by atoms with E-state index in [-0.39, 0.29) is 5.91 Å². The van der Waals surface area contributed by atoms with Crippen molar-refractivity contribution in [1.82, 2.24) is 0 Å². The van der Waals surface area contributed by atoms with Crippen LogP contribution in [0.4, 0.5) is 5.69 Å². The van der Waals surface area contributed by atoms with Gasteiger partial charge in [-0.3, -0.25) is 4.79 Å². The molecular formula is C21H24BrNO3. The lowest BCUT2D eigenvalue weighted by molar-refractivity contribution is -0.121. The van der Waals surface area contributed by atoms with Crippen molar-refractivity contribution < 1.29 is 14.3 Å². The molecule has 0 spiro atoms. The zero-order chi connectivity index (χ0) is 18.4. The fraction of sp³-hybridized carbons (Fsp3) is 0.381. The number of hydrogen-bond acceptors (Lipinski definition) is 3. The maximum absolute atomic E-state index is 13.1. The Kier molecular flexibility index (Phi) is 6.33. The van der Waals surface area contributed by atoms with Crippen LogP contribution in [-0.4, -0.2) is 26.2 Å². The third-order valence-electron chi connectivity index (χ3n) is 4.96. The number of hydrogen-bond donors (Lipinski definition) is 1. The number of methoxy groups -OCH3 is 1. The van der Waals surface area contributed by atoms with Crippen LogP contribution >= 0.6 is 15.9 Å². The summed E-state index contributed by atoms with van der Waals surface area (Å²) in [7, 11) is 1.65. The summed E-state index contributed by atoms with van der Waals surface area (Å²) in [6.45, 7) is 1.06. The topological polar surface area (TPSA) is 47.6 Å². The SMILES string of the molecule is COCCOc1ccc(NC(=O)C2(c3ccc(Br)cc3)CCCC2)cc1. The van der Waals surface area contributed by atoms with Gasteiger partial charge in [0.25, 0.3) is 0 Å². The van der Waals surface area contributed by atoms with Gasteiger partial charge in [0, 0.05) is 17.3 Å². The normalized spacial score (nSPS) is 15.6. The predicted octanol–water partition coefficient (Wildman–Crippen LogP) is 4.92. The number of carbonyl (C=O) groups excluding carboxylic acids is 1. The highest BCUT2D eigenvalue weighted by atomic mass is 79.9. The molecule has 5 heteroatoms. The van der Waals surface area contributed by atoms with E-state index in [1.165, 1.54) is 0 Å². The van der Waals surface area contributed by atoms with E-state index < -0.39 is 5.41 Å². The molecule has 1 amide bonds. The summed E-state index contributed by atoms with van der Waals surface area (Å²) in [5, 5.41) is 3.10. The Morgan fingerprint density at radius 1 is 1.04 bits per heavy atom. The number of ether oxygens (including phenoxy) is 2. The minimum absolute atomic E-state index is 0.0744. The van der Waals surface area contributed by atoms with Gasteiger partial charge >= 0.3 is 0 Å². The summed E-state index contributed by atoms with van der Waals surface area (Å²) in [6, 6.07) is 15.6. The van der Waals surface area contributed by atoms with E-state index >= 15 is 0 Å². The molecule has 0 saturated heterocycles. The van der Waals surface area contributed by atoms with Crippen molar-refractivity contribution in [1.29, 1.82) is 0 Å². The lowest BCUT2D eigenvalue weighted by Crippen LogP contribution is -2.37. The largest absolute Gasteiger partial charge is 0.491 e. The zero-order valence-corrected chi connectivity index (χ0v) is 16.6. The van der Waals surface area contributed by atoms with Gasteiger partial charge in [-0.05, 0) is 54.8 Å². The first-order valence-electron chi connectivity index (χ1n) is 8.93. The molecule has 1 saturated carbocycles. The van der Waals surface area contributed by atoms with Crippen molar-refractivity contribution in [3.8, 4) is 5.75 Å². The summed E-state index contributed by atoms with van der Waals surface area (Å²) < 4.78 is 11.6. The van der Waals surface area contributed by atoms with Crippen molar-refractivity contribution in [2.45, 2.75) is 31.1 Å². The summed E-state index contributed by atoms with van der Waals surface area (Å²) >= 11 is 3.47. The lowest BCUT2D eigenvalue weighted by Gasteiger charge is -2.28. The summed E-state index contributed by atoms with van der Waals surface area (Å²) in [5.74, 6) is 0.842. The van der Waals surface area contributed by atoms with Gasteiger partial charge in [-0.15, -0.1) is 0 Å². The summed E-state index contributed by atoms with van der Waals surface area (Å²) in [4.78, 5) is 13.1. The molecule has 0 bridgehead atoms. The Balaban J connectivity index is 1.71. The highest BCUT2D eigenvalue weighted by Gasteiger charge is 2.42. The van der Waals surface area contributed by atoms with E-state index in [1.54, 1.807) is 7.11 Å². The number of rotatable bonds is 7. The first-order valence-corrected chi connectivity index (χ1v) is 9.73. The fourth-order valence-electron chi connectivity index (χ4n) is 3.52. The molecule has 138 valence electrons. The minimum Gasteiger partial charge on any atom is -0.491 e. The van der Waals surface area contributed by atoms with E-state index in [4.69, 9.17) is 9.47 Å². The lowest BCUT2D eigenvalue weighted by atomic mass is 9.78. The Bertz CT molecular complexity index is 722. The standard InChI is InChI=1S/C21H24BrNO3/c1-25-14-15-26-19-10-8-18(9-11-19)23-20(24)21(12-2-3-13-21)16-4-6-17(22)7-5-16/h4-11H,2-3,12-15H2,1H3,(H,23,24). The molecule has 0 aromatic heterocycles. The first-order chi connectivity index (χ1) is 12.6. The van der Waals surface area contributed by atoms with Crippen molar-refractivity contribution in [3.63, 3.8) is 0 Å². The highest BCUT2D eigenvalue weighted by molar-refractivity contribution is 9.10.